The number of likely N-dealkylation sites (N-methyl/N-ethyl adjacent to an activating group) is 1. The van der Waals surface area contributed by atoms with Crippen LogP contribution < -0.4 is 9.64 Å². The van der Waals surface area contributed by atoms with Crippen LogP contribution in [0.1, 0.15) is 25.7 Å². The Labute approximate surface area is 163 Å². The third-order valence-electron chi connectivity index (χ3n) is 5.50. The molecular weight excluding hydrogens is 370 g/mol. The van der Waals surface area contributed by atoms with Crippen molar-refractivity contribution in [1.29, 1.82) is 0 Å². The van der Waals surface area contributed by atoms with Crippen molar-refractivity contribution < 1.29 is 18.8 Å². The SMILES string of the molecule is CN1C(=O)/[N+](=C/C2CCCOC2)c2nc(Cl)nc(OC[C@@H]3CCCN3C)c21. The van der Waals surface area contributed by atoms with Gasteiger partial charge in [0.05, 0.1) is 19.9 Å². The third kappa shape index (κ3) is 3.66. The minimum absolute atomic E-state index is 0.0740. The molecule has 0 aliphatic carbocycles. The lowest BCUT2D eigenvalue weighted by Gasteiger charge is -2.19. The molecule has 1 unspecified atom stereocenters. The van der Waals surface area contributed by atoms with Crippen LogP contribution in [-0.2, 0) is 4.74 Å². The summed E-state index contributed by atoms with van der Waals surface area (Å²) in [6, 6.07) is 0.161. The van der Waals surface area contributed by atoms with Crippen molar-refractivity contribution in [3.05, 3.63) is 5.28 Å². The molecule has 0 saturated carbocycles. The minimum atomic E-state index is -0.185. The number of carbonyl (C=O) groups is 1. The zero-order valence-corrected chi connectivity index (χ0v) is 16.5. The van der Waals surface area contributed by atoms with E-state index in [-0.39, 0.29) is 17.2 Å². The molecule has 1 aromatic heterocycles. The van der Waals surface area contributed by atoms with Crippen LogP contribution in [0.4, 0.5) is 16.3 Å². The molecule has 0 spiro atoms. The average Bonchev–Trinajstić information content (AvgIpc) is 3.17. The van der Waals surface area contributed by atoms with Crippen molar-refractivity contribution in [2.24, 2.45) is 5.92 Å². The largest absolute Gasteiger partial charge is 0.473 e. The number of nitrogens with zero attached hydrogens (tertiary/aromatic N) is 5. The Hall–Kier alpha value is -1.77. The number of rotatable bonds is 4. The molecule has 27 heavy (non-hydrogen) atoms. The van der Waals surface area contributed by atoms with Crippen LogP contribution in [0, 0.1) is 5.92 Å². The Kier molecular flexibility index (Phi) is 5.29. The number of fused-ring (bicyclic) bond motifs is 1. The standard InChI is InChI=1S/C18H25ClN5O3/c1-22-7-3-6-13(22)11-27-16-14-15(20-17(19)21-16)24(18(25)23(14)2)9-12-5-4-8-26-10-12/h9,12-13H,3-8,10-11H2,1-2H3/q+1/b24-9+/t12?,13-/m0/s1. The predicted octanol–water partition coefficient (Wildman–Crippen LogP) is 2.31. The van der Waals surface area contributed by atoms with E-state index < -0.39 is 0 Å². The van der Waals surface area contributed by atoms with E-state index in [1.807, 2.05) is 6.21 Å². The summed E-state index contributed by atoms with van der Waals surface area (Å²) in [7, 11) is 3.80. The number of urea groups is 1. The van der Waals surface area contributed by atoms with E-state index in [1.54, 1.807) is 11.6 Å². The smallest absolute Gasteiger partial charge is 0.448 e. The van der Waals surface area contributed by atoms with Gasteiger partial charge >= 0.3 is 17.1 Å². The second-order valence-corrected chi connectivity index (χ2v) is 7.73. The van der Waals surface area contributed by atoms with Gasteiger partial charge in [-0.2, -0.15) is 9.56 Å². The summed E-state index contributed by atoms with van der Waals surface area (Å²) < 4.78 is 13.1. The van der Waals surface area contributed by atoms with Gasteiger partial charge in [0, 0.05) is 18.6 Å². The number of aromatic nitrogens is 2. The molecule has 2 atom stereocenters. The molecule has 4 rings (SSSR count). The van der Waals surface area contributed by atoms with Crippen LogP contribution >= 0.6 is 11.6 Å². The number of carbonyl (C=O) groups excluding carboxylic acids is 1. The van der Waals surface area contributed by atoms with Crippen molar-refractivity contribution >= 4 is 35.4 Å². The quantitative estimate of drug-likeness (QED) is 0.576. The summed E-state index contributed by atoms with van der Waals surface area (Å²) in [5.41, 5.74) is 0.568. The monoisotopic (exact) mass is 394 g/mol. The molecule has 3 aliphatic heterocycles. The molecule has 3 aliphatic rings. The Morgan fingerprint density at radius 2 is 2.19 bits per heavy atom. The van der Waals surface area contributed by atoms with E-state index in [1.165, 1.54) is 4.90 Å². The van der Waals surface area contributed by atoms with E-state index in [9.17, 15) is 4.79 Å². The fourth-order valence-electron chi connectivity index (χ4n) is 3.90. The van der Waals surface area contributed by atoms with Gasteiger partial charge in [-0.05, 0) is 50.9 Å². The summed E-state index contributed by atoms with van der Waals surface area (Å²) in [5, 5.41) is 0.0740. The number of ether oxygens (including phenoxy) is 2. The third-order valence-corrected chi connectivity index (χ3v) is 5.67. The summed E-state index contributed by atoms with van der Waals surface area (Å²) in [6.45, 7) is 2.97. The van der Waals surface area contributed by atoms with Gasteiger partial charge in [-0.3, -0.25) is 0 Å². The Balaban J connectivity index is 1.63. The summed E-state index contributed by atoms with van der Waals surface area (Å²) in [5.74, 6) is 1.01. The number of halogens is 1. The molecule has 2 amide bonds. The average molecular weight is 395 g/mol. The Morgan fingerprint density at radius 1 is 1.33 bits per heavy atom. The first-order valence-corrected chi connectivity index (χ1v) is 9.82. The molecule has 8 nitrogen and oxygen atoms in total. The van der Waals surface area contributed by atoms with Crippen LogP contribution in [0.2, 0.25) is 5.28 Å². The highest BCUT2D eigenvalue weighted by molar-refractivity contribution is 6.28. The molecular formula is C18H25ClN5O3+. The van der Waals surface area contributed by atoms with E-state index in [4.69, 9.17) is 21.1 Å². The highest BCUT2D eigenvalue weighted by atomic mass is 35.5. The zero-order chi connectivity index (χ0) is 19.0. The molecule has 4 heterocycles. The van der Waals surface area contributed by atoms with E-state index in [2.05, 4.69) is 21.9 Å². The predicted molar refractivity (Wildman–Crippen MR) is 102 cm³/mol. The molecule has 0 bridgehead atoms. The summed E-state index contributed by atoms with van der Waals surface area (Å²) >= 11 is 6.15. The number of anilines is 1. The second kappa shape index (κ2) is 7.69. The number of hydrogen-bond acceptors (Lipinski definition) is 6. The normalized spacial score (nSPS) is 27.4. The van der Waals surface area contributed by atoms with Gasteiger partial charge in [-0.15, -0.1) is 0 Å². The van der Waals surface area contributed by atoms with Gasteiger partial charge in [0.15, 0.2) is 0 Å². The lowest BCUT2D eigenvalue weighted by Crippen LogP contribution is -2.31. The van der Waals surface area contributed by atoms with Gasteiger partial charge in [0.25, 0.3) is 5.88 Å². The minimum Gasteiger partial charge on any atom is -0.473 e. The highest BCUT2D eigenvalue weighted by Crippen LogP contribution is 2.41. The number of hydrogen-bond donors (Lipinski definition) is 0. The fraction of sp³-hybridized carbons (Fsp3) is 0.667. The molecule has 2 fully saturated rings. The first-order chi connectivity index (χ1) is 13.0. The molecule has 2 saturated heterocycles. The summed E-state index contributed by atoms with van der Waals surface area (Å²) in [6.07, 6.45) is 6.12. The van der Waals surface area contributed by atoms with E-state index >= 15 is 0 Å². The Bertz CT molecular complexity index is 766. The van der Waals surface area contributed by atoms with Crippen molar-refractivity contribution in [2.45, 2.75) is 31.7 Å². The van der Waals surface area contributed by atoms with Gasteiger partial charge in [0.1, 0.15) is 6.61 Å². The number of amides is 2. The van der Waals surface area contributed by atoms with Crippen molar-refractivity contribution in [3.8, 4) is 5.88 Å². The van der Waals surface area contributed by atoms with Gasteiger partial charge in [-0.25, -0.2) is 9.69 Å². The van der Waals surface area contributed by atoms with Crippen molar-refractivity contribution in [1.82, 2.24) is 14.9 Å². The van der Waals surface area contributed by atoms with Gasteiger partial charge < -0.3 is 14.4 Å². The van der Waals surface area contributed by atoms with Crippen LogP contribution in [0.3, 0.4) is 0 Å². The fourth-order valence-corrected chi connectivity index (χ4v) is 4.06. The highest BCUT2D eigenvalue weighted by Gasteiger charge is 2.44. The molecule has 9 heteroatoms. The maximum Gasteiger partial charge on any atom is 0.448 e. The topological polar surface area (TPSA) is 70.8 Å². The van der Waals surface area contributed by atoms with Crippen molar-refractivity contribution in [3.63, 3.8) is 0 Å². The first kappa shape index (κ1) is 18.6. The van der Waals surface area contributed by atoms with E-state index in [0.29, 0.717) is 36.6 Å². The lowest BCUT2D eigenvalue weighted by atomic mass is 10.0. The van der Waals surface area contributed by atoms with Gasteiger partial charge in [-0.1, -0.05) is 4.98 Å². The van der Waals surface area contributed by atoms with Gasteiger partial charge in [0.2, 0.25) is 5.69 Å². The number of likely N-dealkylation sites (tertiary alicyclic amines) is 1. The molecule has 0 N–H and O–H groups in total. The summed E-state index contributed by atoms with van der Waals surface area (Å²) in [4.78, 5) is 25.2. The maximum atomic E-state index is 12.8. The van der Waals surface area contributed by atoms with Crippen molar-refractivity contribution in [2.75, 3.05) is 45.4 Å². The van der Waals surface area contributed by atoms with E-state index in [0.717, 1.165) is 38.8 Å². The van der Waals surface area contributed by atoms with Crippen LogP contribution in [0.5, 0.6) is 5.88 Å². The molecule has 0 aromatic carbocycles. The first-order valence-electron chi connectivity index (χ1n) is 9.45. The van der Waals surface area contributed by atoms with Crippen LogP contribution in [-0.4, -0.2) is 78.2 Å². The van der Waals surface area contributed by atoms with Crippen LogP contribution in [0.25, 0.3) is 0 Å². The molecule has 0 radical (unpaired) electrons. The molecule has 146 valence electrons. The second-order valence-electron chi connectivity index (χ2n) is 7.40. The Morgan fingerprint density at radius 3 is 2.89 bits per heavy atom. The maximum absolute atomic E-state index is 12.8. The lowest BCUT2D eigenvalue weighted by molar-refractivity contribution is -0.324. The molecule has 1 aromatic rings. The van der Waals surface area contributed by atoms with Crippen LogP contribution in [0.15, 0.2) is 0 Å². The zero-order valence-electron chi connectivity index (χ0n) is 15.7.